The molecule has 4 aromatic rings. The molecule has 10 heteroatoms. The summed E-state index contributed by atoms with van der Waals surface area (Å²) in [6, 6.07) is 12.0. The molecule has 8 nitrogen and oxygen atoms in total. The molecule has 0 radical (unpaired) electrons. The van der Waals surface area contributed by atoms with Crippen molar-refractivity contribution in [1.29, 1.82) is 0 Å². The molecule has 4 heterocycles. The van der Waals surface area contributed by atoms with Gasteiger partial charge in [0.05, 0.1) is 28.0 Å². The predicted octanol–water partition coefficient (Wildman–Crippen LogP) is 4.75. The largest absolute Gasteiger partial charge is 0.478 e. The number of hydrogen-bond acceptors (Lipinski definition) is 7. The van der Waals surface area contributed by atoms with Crippen molar-refractivity contribution in [3.05, 3.63) is 106 Å². The van der Waals surface area contributed by atoms with Gasteiger partial charge in [0.25, 0.3) is 5.56 Å². The Labute approximate surface area is 238 Å². The second-order valence-corrected chi connectivity index (χ2v) is 11.4. The molecular weight excluding hydrogens is 546 g/mol. The number of thiazole rings is 1. The van der Waals surface area contributed by atoms with Crippen LogP contribution in [-0.2, 0) is 9.53 Å². The number of carboxylic acids is 1. The molecule has 5 rings (SSSR count). The normalized spacial score (nSPS) is 15.2. The Morgan fingerprint density at radius 2 is 1.95 bits per heavy atom. The molecule has 0 unspecified atom stereocenters. The highest BCUT2D eigenvalue weighted by Gasteiger charge is 2.34. The van der Waals surface area contributed by atoms with Crippen LogP contribution in [0.4, 0.5) is 0 Å². The van der Waals surface area contributed by atoms with E-state index in [2.05, 4.69) is 0 Å². The first kappa shape index (κ1) is 27.5. The van der Waals surface area contributed by atoms with Crippen LogP contribution in [0.25, 0.3) is 11.8 Å². The fourth-order valence-corrected chi connectivity index (χ4v) is 6.92. The van der Waals surface area contributed by atoms with Crippen LogP contribution in [0, 0.1) is 13.8 Å². The molecule has 0 spiro atoms. The topological polar surface area (TPSA) is 103 Å². The molecule has 40 heavy (non-hydrogen) atoms. The van der Waals surface area contributed by atoms with Crippen LogP contribution in [0.15, 0.2) is 68.9 Å². The summed E-state index contributed by atoms with van der Waals surface area (Å²) in [5.74, 6) is -1.44. The molecule has 0 saturated carbocycles. The van der Waals surface area contributed by atoms with Crippen LogP contribution in [0.1, 0.15) is 64.9 Å². The number of aromatic carboxylic acids is 1. The Kier molecular flexibility index (Phi) is 7.73. The lowest BCUT2D eigenvalue weighted by atomic mass is 9.99. The minimum absolute atomic E-state index is 0.203. The first-order chi connectivity index (χ1) is 19.2. The minimum atomic E-state index is -0.990. The number of fused-ring (bicyclic) bond motifs is 1. The highest BCUT2D eigenvalue weighted by Crippen LogP contribution is 2.34. The molecular formula is C30H29N3O5S2. The molecule has 0 saturated heterocycles. The van der Waals surface area contributed by atoms with Gasteiger partial charge in [0, 0.05) is 22.0 Å². The van der Waals surface area contributed by atoms with Gasteiger partial charge in [-0.05, 0) is 74.5 Å². The lowest BCUT2D eigenvalue weighted by molar-refractivity contribution is -0.139. The van der Waals surface area contributed by atoms with Crippen molar-refractivity contribution in [2.75, 3.05) is 6.61 Å². The highest BCUT2D eigenvalue weighted by molar-refractivity contribution is 7.10. The fourth-order valence-electron chi connectivity index (χ4n) is 5.09. The number of thiophene rings is 1. The van der Waals surface area contributed by atoms with Crippen molar-refractivity contribution in [2.24, 2.45) is 4.99 Å². The summed E-state index contributed by atoms with van der Waals surface area (Å²) in [4.78, 5) is 44.9. The van der Waals surface area contributed by atoms with Crippen LogP contribution in [-0.4, -0.2) is 32.8 Å². The molecule has 0 aliphatic carbocycles. The summed E-state index contributed by atoms with van der Waals surface area (Å²) >= 11 is 2.79. The zero-order chi connectivity index (χ0) is 28.6. The minimum Gasteiger partial charge on any atom is -0.478 e. The molecule has 3 aromatic heterocycles. The zero-order valence-electron chi connectivity index (χ0n) is 22.6. The van der Waals surface area contributed by atoms with E-state index in [0.29, 0.717) is 27.0 Å². The van der Waals surface area contributed by atoms with Gasteiger partial charge in [-0.1, -0.05) is 36.8 Å². The predicted molar refractivity (Wildman–Crippen MR) is 156 cm³/mol. The summed E-state index contributed by atoms with van der Waals surface area (Å²) in [5, 5.41) is 11.4. The van der Waals surface area contributed by atoms with Crippen molar-refractivity contribution in [3.8, 4) is 5.69 Å². The maximum absolute atomic E-state index is 13.9. The van der Waals surface area contributed by atoms with Crippen LogP contribution in [0.3, 0.4) is 0 Å². The van der Waals surface area contributed by atoms with E-state index in [1.807, 2.05) is 61.1 Å². The van der Waals surface area contributed by atoms with Crippen LogP contribution in [0.2, 0.25) is 0 Å². The third-order valence-corrected chi connectivity index (χ3v) is 8.72. The Hall–Kier alpha value is -4.02. The lowest BCUT2D eigenvalue weighted by Crippen LogP contribution is -2.39. The van der Waals surface area contributed by atoms with E-state index in [4.69, 9.17) is 9.73 Å². The summed E-state index contributed by atoms with van der Waals surface area (Å²) in [7, 11) is 0. The van der Waals surface area contributed by atoms with E-state index < -0.39 is 18.0 Å². The van der Waals surface area contributed by atoms with E-state index in [0.717, 1.165) is 33.9 Å². The second-order valence-electron chi connectivity index (χ2n) is 9.45. The maximum Gasteiger partial charge on any atom is 0.338 e. The number of aryl methyl sites for hydroxylation is 1. The van der Waals surface area contributed by atoms with Crippen molar-refractivity contribution in [3.63, 3.8) is 0 Å². The number of benzene rings is 1. The molecule has 0 bridgehead atoms. The first-order valence-electron chi connectivity index (χ1n) is 13.0. The van der Waals surface area contributed by atoms with Gasteiger partial charge >= 0.3 is 11.9 Å². The van der Waals surface area contributed by atoms with Gasteiger partial charge in [0.1, 0.15) is 6.04 Å². The first-order valence-corrected chi connectivity index (χ1v) is 14.7. The number of allylic oxidation sites excluding steroid dienone is 1. The average molecular weight is 576 g/mol. The van der Waals surface area contributed by atoms with Crippen molar-refractivity contribution in [1.82, 2.24) is 9.13 Å². The van der Waals surface area contributed by atoms with Gasteiger partial charge in [-0.15, -0.1) is 11.3 Å². The Morgan fingerprint density at radius 3 is 2.62 bits per heavy atom. The number of esters is 1. The number of ether oxygens (including phenoxy) is 1. The molecule has 1 aliphatic heterocycles. The smallest absolute Gasteiger partial charge is 0.338 e. The van der Waals surface area contributed by atoms with Crippen LogP contribution >= 0.6 is 22.7 Å². The van der Waals surface area contributed by atoms with Gasteiger partial charge in [-0.3, -0.25) is 9.36 Å². The molecule has 0 amide bonds. The number of aromatic nitrogens is 2. The number of hydrogen-bond donors (Lipinski definition) is 1. The van der Waals surface area contributed by atoms with E-state index in [1.54, 1.807) is 29.7 Å². The number of rotatable bonds is 8. The van der Waals surface area contributed by atoms with E-state index in [-0.39, 0.29) is 17.7 Å². The summed E-state index contributed by atoms with van der Waals surface area (Å²) < 4.78 is 9.52. The quantitative estimate of drug-likeness (QED) is 0.306. The van der Waals surface area contributed by atoms with Crippen molar-refractivity contribution >= 4 is 40.7 Å². The fraction of sp³-hybridized carbons (Fsp3) is 0.267. The highest BCUT2D eigenvalue weighted by atomic mass is 32.1. The van der Waals surface area contributed by atoms with Crippen LogP contribution < -0.4 is 14.9 Å². The third-order valence-electron chi connectivity index (χ3n) is 6.81. The average Bonchev–Trinajstić information content (AvgIpc) is 3.63. The van der Waals surface area contributed by atoms with Gasteiger partial charge < -0.3 is 14.4 Å². The lowest BCUT2D eigenvalue weighted by Gasteiger charge is -2.24. The summed E-state index contributed by atoms with van der Waals surface area (Å²) in [6.07, 6.45) is 3.24. The van der Waals surface area contributed by atoms with Gasteiger partial charge in [0.2, 0.25) is 0 Å². The van der Waals surface area contributed by atoms with Crippen LogP contribution in [0.5, 0.6) is 0 Å². The third kappa shape index (κ3) is 4.89. The van der Waals surface area contributed by atoms with E-state index >= 15 is 0 Å². The molecule has 0 fully saturated rings. The van der Waals surface area contributed by atoms with Gasteiger partial charge in [-0.2, -0.15) is 0 Å². The molecule has 1 aliphatic rings. The number of nitrogens with zero attached hydrogens (tertiary/aromatic N) is 3. The number of carbonyl (C=O) groups is 2. The zero-order valence-corrected chi connectivity index (χ0v) is 24.3. The van der Waals surface area contributed by atoms with E-state index in [1.165, 1.54) is 22.7 Å². The molecule has 1 N–H and O–H groups in total. The molecule has 1 aromatic carbocycles. The van der Waals surface area contributed by atoms with Crippen molar-refractivity contribution in [2.45, 2.75) is 46.6 Å². The number of carboxylic acid groups (broad SMARTS) is 1. The number of carbonyl (C=O) groups excluding carboxylic acids is 1. The molecule has 206 valence electrons. The SMILES string of the molecule is CCCC1=C(C(=O)OCC)[C@H](c2cccs2)n2c(s/c(=C\c3cc(C)n(-c4cccc(C(=O)O)c4)c3C)c2=O)=N1. The van der Waals surface area contributed by atoms with E-state index in [9.17, 15) is 19.5 Å². The maximum atomic E-state index is 13.9. The second kappa shape index (κ2) is 11.2. The van der Waals surface area contributed by atoms with Gasteiger partial charge in [0.15, 0.2) is 4.80 Å². The summed E-state index contributed by atoms with van der Waals surface area (Å²) in [6.45, 7) is 7.91. The Morgan fingerprint density at radius 1 is 1.15 bits per heavy atom. The monoisotopic (exact) mass is 575 g/mol. The summed E-state index contributed by atoms with van der Waals surface area (Å²) in [5.41, 5.74) is 4.41. The molecule has 1 atom stereocenters. The van der Waals surface area contributed by atoms with Gasteiger partial charge in [-0.25, -0.2) is 14.6 Å². The Bertz CT molecular complexity index is 1820. The standard InChI is InChI=1S/C30H29N3O5S2/c1-5-9-22-25(29(37)38-6-2)26(23-12-8-13-39-23)33-27(34)24(40-30(33)31-22)16-20-14-17(3)32(18(20)4)21-11-7-10-19(15-21)28(35)36/h7-8,10-16,26H,5-6,9H2,1-4H3,(H,35,36)/b24-16-/t26-/m0/s1. The Balaban J connectivity index is 1.69. The van der Waals surface area contributed by atoms with Crippen molar-refractivity contribution < 1.29 is 19.4 Å².